The predicted octanol–water partition coefficient (Wildman–Crippen LogP) is -3.68. The second-order valence-electron chi connectivity index (χ2n) is 7.60. The van der Waals surface area contributed by atoms with E-state index in [0.717, 1.165) is 0 Å². The number of aliphatic carboxylic acids is 4. The van der Waals surface area contributed by atoms with Gasteiger partial charge < -0.3 is 47.8 Å². The molecule has 0 heterocycles. The van der Waals surface area contributed by atoms with Gasteiger partial charge in [0, 0.05) is 19.3 Å². The van der Waals surface area contributed by atoms with Crippen molar-refractivity contribution in [3.63, 3.8) is 0 Å². The number of nitrogens with two attached hydrogens (primary N) is 2. The molecule has 4 amide bonds. The summed E-state index contributed by atoms with van der Waals surface area (Å²) in [6.07, 6.45) is -3.90. The standard InChI is InChI=1S/C19H29N5O12/c20-8(7-15(30)31)16(32)22-9(2-5-13(26)27)17(33)23-10(3-6-14(28)29)18(34)24-11(19(35)36)1-4-12(21)25/h8-11H,1-7,20H2,(H2,21,25)(H,22,32)(H,23,33)(H,24,34)(H,26,27)(H,28,29)(H,30,31)(H,35,36). The summed E-state index contributed by atoms with van der Waals surface area (Å²) in [5, 5.41) is 42.1. The topological polar surface area (TPSA) is 306 Å². The summed E-state index contributed by atoms with van der Waals surface area (Å²) in [6, 6.07) is -6.44. The molecule has 202 valence electrons. The molecule has 0 aromatic carbocycles. The predicted molar refractivity (Wildman–Crippen MR) is 116 cm³/mol. The molecule has 0 aromatic heterocycles. The summed E-state index contributed by atoms with van der Waals surface area (Å²) >= 11 is 0. The van der Waals surface area contributed by atoms with Crippen LogP contribution in [0, 0.1) is 0 Å². The van der Waals surface area contributed by atoms with E-state index < -0.39 is 117 Å². The van der Waals surface area contributed by atoms with Crippen LogP contribution in [0.1, 0.15) is 44.9 Å². The van der Waals surface area contributed by atoms with Crippen molar-refractivity contribution in [2.24, 2.45) is 11.5 Å². The van der Waals surface area contributed by atoms with Gasteiger partial charge in [-0.3, -0.25) is 33.6 Å². The molecule has 0 fully saturated rings. The molecule has 17 nitrogen and oxygen atoms in total. The molecule has 0 saturated carbocycles. The lowest BCUT2D eigenvalue weighted by atomic mass is 10.1. The van der Waals surface area contributed by atoms with E-state index in [1.54, 1.807) is 0 Å². The van der Waals surface area contributed by atoms with Gasteiger partial charge in [0.25, 0.3) is 0 Å². The molecule has 36 heavy (non-hydrogen) atoms. The van der Waals surface area contributed by atoms with Crippen LogP contribution in [0.15, 0.2) is 0 Å². The summed E-state index contributed by atoms with van der Waals surface area (Å²) in [7, 11) is 0. The van der Waals surface area contributed by atoms with Crippen LogP contribution in [-0.2, 0) is 38.4 Å². The van der Waals surface area contributed by atoms with Crippen LogP contribution >= 0.6 is 0 Å². The number of nitrogens with one attached hydrogen (secondary N) is 3. The normalized spacial score (nSPS) is 13.8. The highest BCUT2D eigenvalue weighted by Gasteiger charge is 2.31. The molecular weight excluding hydrogens is 490 g/mol. The van der Waals surface area contributed by atoms with Gasteiger partial charge in [-0.15, -0.1) is 0 Å². The fourth-order valence-electron chi connectivity index (χ4n) is 2.72. The minimum Gasteiger partial charge on any atom is -0.481 e. The summed E-state index contributed by atoms with van der Waals surface area (Å²) in [6.45, 7) is 0. The maximum absolute atomic E-state index is 12.7. The zero-order valence-electron chi connectivity index (χ0n) is 19.0. The maximum Gasteiger partial charge on any atom is 0.326 e. The highest BCUT2D eigenvalue weighted by molar-refractivity contribution is 5.95. The molecule has 4 atom stereocenters. The van der Waals surface area contributed by atoms with Gasteiger partial charge in [-0.25, -0.2) is 4.79 Å². The summed E-state index contributed by atoms with van der Waals surface area (Å²) in [5.74, 6) is -9.88. The average Bonchev–Trinajstić information content (AvgIpc) is 2.75. The highest BCUT2D eigenvalue weighted by atomic mass is 16.4. The average molecular weight is 519 g/mol. The van der Waals surface area contributed by atoms with Gasteiger partial charge >= 0.3 is 23.9 Å². The van der Waals surface area contributed by atoms with Crippen molar-refractivity contribution in [3.05, 3.63) is 0 Å². The fourth-order valence-corrected chi connectivity index (χ4v) is 2.72. The van der Waals surface area contributed by atoms with Crippen molar-refractivity contribution < 1.29 is 58.8 Å². The quantitative estimate of drug-likeness (QED) is 0.0843. The van der Waals surface area contributed by atoms with Crippen molar-refractivity contribution >= 4 is 47.5 Å². The van der Waals surface area contributed by atoms with Crippen molar-refractivity contribution in [3.8, 4) is 0 Å². The first-order valence-electron chi connectivity index (χ1n) is 10.5. The molecule has 0 aromatic rings. The number of carboxylic acids is 4. The lowest BCUT2D eigenvalue weighted by molar-refractivity contribution is -0.143. The van der Waals surface area contributed by atoms with Crippen LogP contribution in [0.2, 0.25) is 0 Å². The number of carboxylic acid groups (broad SMARTS) is 4. The van der Waals surface area contributed by atoms with E-state index in [1.807, 2.05) is 0 Å². The van der Waals surface area contributed by atoms with E-state index in [4.69, 9.17) is 26.8 Å². The van der Waals surface area contributed by atoms with E-state index in [-0.39, 0.29) is 0 Å². The van der Waals surface area contributed by atoms with Crippen LogP contribution < -0.4 is 27.4 Å². The molecule has 0 saturated heterocycles. The Morgan fingerprint density at radius 3 is 1.33 bits per heavy atom. The number of rotatable bonds is 18. The Morgan fingerprint density at radius 2 is 0.972 bits per heavy atom. The zero-order chi connectivity index (χ0) is 28.0. The second kappa shape index (κ2) is 15.6. The molecular formula is C19H29N5O12. The van der Waals surface area contributed by atoms with E-state index in [1.165, 1.54) is 0 Å². The lowest BCUT2D eigenvalue weighted by Crippen LogP contribution is -2.57. The van der Waals surface area contributed by atoms with Crippen LogP contribution in [0.4, 0.5) is 0 Å². The van der Waals surface area contributed by atoms with Gasteiger partial charge in [-0.2, -0.15) is 0 Å². The number of amides is 4. The third-order valence-corrected chi connectivity index (χ3v) is 4.59. The van der Waals surface area contributed by atoms with E-state index in [0.29, 0.717) is 0 Å². The van der Waals surface area contributed by atoms with Crippen LogP contribution in [0.3, 0.4) is 0 Å². The monoisotopic (exact) mass is 519 g/mol. The van der Waals surface area contributed by atoms with Crippen LogP contribution in [-0.4, -0.2) is 92.1 Å². The third kappa shape index (κ3) is 13.4. The van der Waals surface area contributed by atoms with Gasteiger partial charge in [-0.1, -0.05) is 0 Å². The number of hydrogen-bond donors (Lipinski definition) is 9. The Morgan fingerprint density at radius 1 is 0.583 bits per heavy atom. The molecule has 4 unspecified atom stereocenters. The number of primary amides is 1. The first-order valence-corrected chi connectivity index (χ1v) is 10.5. The Kier molecular flexibility index (Phi) is 13.7. The van der Waals surface area contributed by atoms with Gasteiger partial charge in [0.1, 0.15) is 18.1 Å². The molecule has 0 radical (unpaired) electrons. The van der Waals surface area contributed by atoms with E-state index in [2.05, 4.69) is 16.0 Å². The van der Waals surface area contributed by atoms with Crippen LogP contribution in [0.5, 0.6) is 0 Å². The summed E-state index contributed by atoms with van der Waals surface area (Å²) in [4.78, 5) is 92.4. The summed E-state index contributed by atoms with van der Waals surface area (Å²) in [5.41, 5.74) is 10.4. The summed E-state index contributed by atoms with van der Waals surface area (Å²) < 4.78 is 0. The second-order valence-corrected chi connectivity index (χ2v) is 7.60. The molecule has 17 heteroatoms. The van der Waals surface area contributed by atoms with Gasteiger partial charge in [0.15, 0.2) is 0 Å². The SMILES string of the molecule is NC(=O)CCC(NC(=O)C(CCC(=O)O)NC(=O)C(CCC(=O)O)NC(=O)C(N)CC(=O)O)C(=O)O. The molecule has 0 aliphatic heterocycles. The molecule has 11 N–H and O–H groups in total. The molecule has 0 spiro atoms. The maximum atomic E-state index is 12.7. The Hall–Kier alpha value is -4.28. The minimum atomic E-state index is -1.64. The number of hydrogen-bond acceptors (Lipinski definition) is 9. The largest absolute Gasteiger partial charge is 0.481 e. The van der Waals surface area contributed by atoms with Gasteiger partial charge in [-0.05, 0) is 19.3 Å². The fraction of sp³-hybridized carbons (Fsp3) is 0.579. The third-order valence-electron chi connectivity index (χ3n) is 4.59. The molecule has 0 aliphatic rings. The first kappa shape index (κ1) is 31.7. The van der Waals surface area contributed by atoms with Gasteiger partial charge in [0.2, 0.25) is 23.6 Å². The lowest BCUT2D eigenvalue weighted by Gasteiger charge is -2.24. The Bertz CT molecular complexity index is 877. The zero-order valence-corrected chi connectivity index (χ0v) is 19.0. The molecule has 0 rings (SSSR count). The minimum absolute atomic E-state index is 0.394. The van der Waals surface area contributed by atoms with Crippen LogP contribution in [0.25, 0.3) is 0 Å². The van der Waals surface area contributed by atoms with E-state index in [9.17, 15) is 43.5 Å². The van der Waals surface area contributed by atoms with Crippen molar-refractivity contribution in [1.82, 2.24) is 16.0 Å². The molecule has 0 bridgehead atoms. The first-order chi connectivity index (χ1) is 16.6. The Labute approximate surface area is 203 Å². The van der Waals surface area contributed by atoms with Crippen molar-refractivity contribution in [1.29, 1.82) is 0 Å². The smallest absolute Gasteiger partial charge is 0.326 e. The highest BCUT2D eigenvalue weighted by Crippen LogP contribution is 2.06. The number of carbonyl (C=O) groups excluding carboxylic acids is 4. The molecule has 0 aliphatic carbocycles. The van der Waals surface area contributed by atoms with Crippen molar-refractivity contribution in [2.45, 2.75) is 69.1 Å². The van der Waals surface area contributed by atoms with Gasteiger partial charge in [0.05, 0.1) is 12.5 Å². The van der Waals surface area contributed by atoms with E-state index >= 15 is 0 Å². The Balaban J connectivity index is 5.66. The number of carbonyl (C=O) groups is 8. The van der Waals surface area contributed by atoms with Crippen molar-refractivity contribution in [2.75, 3.05) is 0 Å².